The molecule has 0 radical (unpaired) electrons. The van der Waals surface area contributed by atoms with Crippen molar-refractivity contribution in [2.24, 2.45) is 0 Å². The highest BCUT2D eigenvalue weighted by Crippen LogP contribution is 2.27. The topological polar surface area (TPSA) is 129 Å². The normalized spacial score (nSPS) is 14.3. The lowest BCUT2D eigenvalue weighted by Gasteiger charge is -2.35. The van der Waals surface area contributed by atoms with Gasteiger partial charge >= 0.3 is 0 Å². The number of anilines is 4. The molecule has 2 aromatic carbocycles. The van der Waals surface area contributed by atoms with Crippen molar-refractivity contribution in [1.29, 1.82) is 0 Å². The van der Waals surface area contributed by atoms with Crippen molar-refractivity contribution in [2.45, 2.75) is 6.92 Å². The number of aromatic nitrogens is 6. The third-order valence-electron chi connectivity index (χ3n) is 7.54. The third-order valence-corrected chi connectivity index (χ3v) is 7.54. The Balaban J connectivity index is 1.29. The molecule has 0 atom stereocenters. The molecule has 206 valence electrons. The second kappa shape index (κ2) is 9.84. The molecule has 5 heterocycles. The van der Waals surface area contributed by atoms with E-state index in [2.05, 4.69) is 61.7 Å². The Hall–Kier alpha value is -5.07. The average molecular weight is 549 g/mol. The van der Waals surface area contributed by atoms with Gasteiger partial charge in [0, 0.05) is 49.1 Å². The number of pyridine rings is 1. The summed E-state index contributed by atoms with van der Waals surface area (Å²) < 4.78 is 3.14. The minimum atomic E-state index is -0.329. The van der Waals surface area contributed by atoms with E-state index in [-0.39, 0.29) is 16.8 Å². The highest BCUT2D eigenvalue weighted by molar-refractivity contribution is 5.95. The van der Waals surface area contributed by atoms with E-state index in [1.807, 2.05) is 30.3 Å². The van der Waals surface area contributed by atoms with Crippen LogP contribution in [0.25, 0.3) is 33.4 Å². The number of nitrogens with zero attached hydrogens (tertiary/aromatic N) is 8. The summed E-state index contributed by atoms with van der Waals surface area (Å²) in [6.45, 7) is 6.21. The monoisotopic (exact) mass is 548 g/mol. The Morgan fingerprint density at radius 3 is 2.54 bits per heavy atom. The Morgan fingerprint density at radius 2 is 1.73 bits per heavy atom. The maximum Gasteiger partial charge on any atom is 0.284 e. The summed E-state index contributed by atoms with van der Waals surface area (Å²) in [5, 5.41) is 13.7. The lowest BCUT2D eigenvalue weighted by Crippen LogP contribution is -2.44. The predicted octanol–water partition coefficient (Wildman–Crippen LogP) is 3.58. The summed E-state index contributed by atoms with van der Waals surface area (Å²) in [6, 6.07) is 18.9. The van der Waals surface area contributed by atoms with Crippen LogP contribution in [0.15, 0.2) is 71.7 Å². The molecule has 0 amide bonds. The summed E-state index contributed by atoms with van der Waals surface area (Å²) in [5.74, 6) is 1.04. The van der Waals surface area contributed by atoms with Crippen LogP contribution in [0, 0.1) is 6.92 Å². The first kappa shape index (κ1) is 24.9. The fraction of sp³-hybridized carbons (Fsp3) is 0.207. The third kappa shape index (κ3) is 4.29. The van der Waals surface area contributed by atoms with Crippen LogP contribution < -0.4 is 21.3 Å². The number of piperazine rings is 1. The second-order valence-electron chi connectivity index (χ2n) is 10.2. The summed E-state index contributed by atoms with van der Waals surface area (Å²) in [5.41, 5.74) is 6.46. The van der Waals surface area contributed by atoms with Gasteiger partial charge in [0.05, 0.1) is 5.52 Å². The number of hydrogen-bond donors (Lipinski definition) is 3. The van der Waals surface area contributed by atoms with Crippen LogP contribution in [0.3, 0.4) is 0 Å². The largest absolute Gasteiger partial charge is 0.369 e. The SMILES string of the molecule is Cc1cc(Nc2ncc3c(=O)n4c(nc3n2)c2ccccc2n4-c2cccc(NO)n2)ccc1N1CCN(C)CC1. The maximum absolute atomic E-state index is 13.8. The van der Waals surface area contributed by atoms with Crippen LogP contribution in [0.4, 0.5) is 23.1 Å². The van der Waals surface area contributed by atoms with Crippen molar-refractivity contribution in [1.82, 2.24) is 34.0 Å². The molecule has 1 aliphatic heterocycles. The molecule has 0 spiro atoms. The number of rotatable bonds is 5. The molecule has 12 heteroatoms. The van der Waals surface area contributed by atoms with Gasteiger partial charge in [0.25, 0.3) is 5.56 Å². The molecule has 7 rings (SSSR count). The van der Waals surface area contributed by atoms with E-state index in [0.717, 1.165) is 42.8 Å². The van der Waals surface area contributed by atoms with Crippen molar-refractivity contribution in [2.75, 3.05) is 48.9 Å². The van der Waals surface area contributed by atoms with Crippen molar-refractivity contribution >= 4 is 50.7 Å². The quantitative estimate of drug-likeness (QED) is 0.275. The average Bonchev–Trinajstić information content (AvgIpc) is 3.32. The maximum atomic E-state index is 13.8. The fourth-order valence-electron chi connectivity index (χ4n) is 5.44. The zero-order valence-corrected chi connectivity index (χ0v) is 22.6. The van der Waals surface area contributed by atoms with Gasteiger partial charge in [0.15, 0.2) is 22.9 Å². The van der Waals surface area contributed by atoms with Gasteiger partial charge in [-0.25, -0.2) is 19.6 Å². The first-order valence-electron chi connectivity index (χ1n) is 13.4. The number of hydrogen-bond acceptors (Lipinski definition) is 10. The molecule has 1 saturated heterocycles. The molecule has 0 saturated carbocycles. The molecule has 0 unspecified atom stereocenters. The molecule has 0 aliphatic carbocycles. The minimum absolute atomic E-state index is 0.251. The van der Waals surface area contributed by atoms with E-state index in [0.29, 0.717) is 23.1 Å². The van der Waals surface area contributed by atoms with Gasteiger partial charge in [-0.3, -0.25) is 15.5 Å². The van der Waals surface area contributed by atoms with E-state index in [1.165, 1.54) is 22.0 Å². The highest BCUT2D eigenvalue weighted by atomic mass is 16.5. The lowest BCUT2D eigenvalue weighted by atomic mass is 10.1. The molecular weight excluding hydrogens is 520 g/mol. The molecule has 0 bridgehead atoms. The molecule has 6 aromatic rings. The van der Waals surface area contributed by atoms with Crippen LogP contribution in [0.5, 0.6) is 0 Å². The summed E-state index contributed by atoms with van der Waals surface area (Å²) >= 11 is 0. The molecule has 1 fully saturated rings. The number of nitrogens with one attached hydrogen (secondary N) is 2. The highest BCUT2D eigenvalue weighted by Gasteiger charge is 2.20. The number of fused-ring (bicyclic) bond motifs is 4. The molecule has 12 nitrogen and oxygen atoms in total. The van der Waals surface area contributed by atoms with Gasteiger partial charge in [0.2, 0.25) is 5.95 Å². The molecule has 3 N–H and O–H groups in total. The molecule has 1 aliphatic rings. The van der Waals surface area contributed by atoms with Gasteiger partial charge in [-0.2, -0.15) is 9.50 Å². The summed E-state index contributed by atoms with van der Waals surface area (Å²) in [6.07, 6.45) is 1.50. The van der Waals surface area contributed by atoms with E-state index in [4.69, 9.17) is 4.98 Å². The standard InChI is InChI=1S/C29H28N10O2/c1-18-16-19(10-11-22(18)37-14-12-36(2)13-15-37)31-29-30-17-21-26(34-29)33-27-20-6-3-4-7-23(20)38(39(27)28(21)40)25-9-5-8-24(32-25)35-41/h3-11,16-17,41H,12-15H2,1-2H3,(H,32,35)(H,30,31,34). The van der Waals surface area contributed by atoms with Gasteiger partial charge in [-0.05, 0) is 62.0 Å². The minimum Gasteiger partial charge on any atom is -0.369 e. The van der Waals surface area contributed by atoms with Gasteiger partial charge in [0.1, 0.15) is 5.39 Å². The van der Waals surface area contributed by atoms with E-state index in [1.54, 1.807) is 22.9 Å². The smallest absolute Gasteiger partial charge is 0.284 e. The van der Waals surface area contributed by atoms with E-state index in [9.17, 15) is 10.0 Å². The summed E-state index contributed by atoms with van der Waals surface area (Å²) in [4.78, 5) is 36.9. The fourth-order valence-corrected chi connectivity index (χ4v) is 5.44. The number of likely N-dealkylation sites (N-methyl/N-ethyl adjacent to an activating group) is 1. The van der Waals surface area contributed by atoms with Crippen molar-refractivity contribution in [3.8, 4) is 5.82 Å². The van der Waals surface area contributed by atoms with Gasteiger partial charge < -0.3 is 15.1 Å². The Labute approximate surface area is 234 Å². The zero-order valence-electron chi connectivity index (χ0n) is 22.6. The van der Waals surface area contributed by atoms with Crippen LogP contribution in [-0.2, 0) is 0 Å². The van der Waals surface area contributed by atoms with Crippen molar-refractivity contribution < 1.29 is 5.21 Å². The Morgan fingerprint density at radius 1 is 0.902 bits per heavy atom. The second-order valence-corrected chi connectivity index (χ2v) is 10.2. The first-order valence-corrected chi connectivity index (χ1v) is 13.4. The van der Waals surface area contributed by atoms with Crippen LogP contribution in [0.1, 0.15) is 5.56 Å². The Kier molecular flexibility index (Phi) is 5.98. The zero-order chi connectivity index (χ0) is 28.1. The first-order chi connectivity index (χ1) is 20.0. The van der Waals surface area contributed by atoms with Crippen molar-refractivity contribution in [3.05, 3.63) is 82.8 Å². The number of para-hydroxylation sites is 1. The molecule has 4 aromatic heterocycles. The number of aryl methyl sites for hydroxylation is 1. The predicted molar refractivity (Wildman–Crippen MR) is 159 cm³/mol. The molecule has 41 heavy (non-hydrogen) atoms. The van der Waals surface area contributed by atoms with Crippen LogP contribution in [0.2, 0.25) is 0 Å². The van der Waals surface area contributed by atoms with Crippen molar-refractivity contribution in [3.63, 3.8) is 0 Å². The summed E-state index contributed by atoms with van der Waals surface area (Å²) in [7, 11) is 2.15. The van der Waals surface area contributed by atoms with Gasteiger partial charge in [-0.1, -0.05) is 18.2 Å². The van der Waals surface area contributed by atoms with Crippen LogP contribution >= 0.6 is 0 Å². The number of benzene rings is 2. The van der Waals surface area contributed by atoms with Crippen LogP contribution in [-0.4, -0.2) is 72.5 Å². The molecular formula is C29H28N10O2. The Bertz CT molecular complexity index is 1990. The van der Waals surface area contributed by atoms with E-state index >= 15 is 0 Å². The van der Waals surface area contributed by atoms with Gasteiger partial charge in [-0.15, -0.1) is 0 Å². The lowest BCUT2D eigenvalue weighted by molar-refractivity contribution is 0.312. The van der Waals surface area contributed by atoms with E-state index < -0.39 is 0 Å².